The molecule has 0 aliphatic rings. The molecule has 0 aliphatic carbocycles. The lowest BCUT2D eigenvalue weighted by Crippen LogP contribution is -2.56. The minimum atomic E-state index is 0.212. The van der Waals surface area contributed by atoms with Gasteiger partial charge in [-0.05, 0) is 40.4 Å². The molecule has 84 valence electrons. The third kappa shape index (κ3) is 3.10. The van der Waals surface area contributed by atoms with Crippen molar-refractivity contribution in [3.05, 3.63) is 12.7 Å². The molecule has 0 radical (unpaired) electrons. The van der Waals surface area contributed by atoms with E-state index in [9.17, 15) is 0 Å². The van der Waals surface area contributed by atoms with Gasteiger partial charge >= 0.3 is 0 Å². The number of hydrogen-bond donors (Lipinski definition) is 1. The van der Waals surface area contributed by atoms with Crippen LogP contribution in [0.2, 0.25) is 0 Å². The first-order valence-corrected chi connectivity index (χ1v) is 5.54. The second-order valence-electron chi connectivity index (χ2n) is 4.24. The van der Waals surface area contributed by atoms with Crippen LogP contribution in [0.15, 0.2) is 12.7 Å². The van der Waals surface area contributed by atoms with Gasteiger partial charge in [-0.15, -0.1) is 6.58 Å². The summed E-state index contributed by atoms with van der Waals surface area (Å²) in [6, 6.07) is 0.491. The maximum atomic E-state index is 3.83. The Kier molecular flexibility index (Phi) is 6.05. The maximum absolute atomic E-state index is 3.83. The number of rotatable bonds is 7. The van der Waals surface area contributed by atoms with Gasteiger partial charge in [-0.1, -0.05) is 19.9 Å². The molecule has 0 saturated carbocycles. The SMILES string of the molecule is C=CCC(NCC)C(C)(CC)N(C)C. The second-order valence-corrected chi connectivity index (χ2v) is 4.24. The molecule has 2 unspecified atom stereocenters. The van der Waals surface area contributed by atoms with E-state index >= 15 is 0 Å². The average Bonchev–Trinajstić information content (AvgIpc) is 2.16. The van der Waals surface area contributed by atoms with Crippen molar-refractivity contribution in [1.82, 2.24) is 10.2 Å². The van der Waals surface area contributed by atoms with Crippen molar-refractivity contribution >= 4 is 0 Å². The summed E-state index contributed by atoms with van der Waals surface area (Å²) in [6.07, 6.45) is 4.17. The van der Waals surface area contributed by atoms with Gasteiger partial charge in [0.05, 0.1) is 0 Å². The molecule has 1 N–H and O–H groups in total. The number of nitrogens with zero attached hydrogens (tertiary/aromatic N) is 1. The fraction of sp³-hybridized carbons (Fsp3) is 0.833. The Morgan fingerprint density at radius 1 is 1.43 bits per heavy atom. The molecule has 2 atom stereocenters. The fourth-order valence-corrected chi connectivity index (χ4v) is 1.84. The Balaban J connectivity index is 4.62. The highest BCUT2D eigenvalue weighted by Gasteiger charge is 2.32. The monoisotopic (exact) mass is 198 g/mol. The predicted molar refractivity (Wildman–Crippen MR) is 64.7 cm³/mol. The molecule has 0 bridgehead atoms. The van der Waals surface area contributed by atoms with Crippen LogP contribution in [-0.2, 0) is 0 Å². The average molecular weight is 198 g/mol. The topological polar surface area (TPSA) is 15.3 Å². The molecule has 0 aromatic rings. The van der Waals surface area contributed by atoms with E-state index in [0.717, 1.165) is 19.4 Å². The molecule has 2 heteroatoms. The third-order valence-electron chi connectivity index (χ3n) is 3.34. The lowest BCUT2D eigenvalue weighted by Gasteiger charge is -2.42. The van der Waals surface area contributed by atoms with Crippen molar-refractivity contribution in [1.29, 1.82) is 0 Å². The highest BCUT2D eigenvalue weighted by molar-refractivity contribution is 4.97. The van der Waals surface area contributed by atoms with Crippen molar-refractivity contribution in [3.8, 4) is 0 Å². The molecule has 0 spiro atoms. The molecule has 0 aliphatic heterocycles. The summed E-state index contributed by atoms with van der Waals surface area (Å²) < 4.78 is 0. The van der Waals surface area contributed by atoms with Crippen LogP contribution in [0.5, 0.6) is 0 Å². The van der Waals surface area contributed by atoms with Crippen molar-refractivity contribution in [2.24, 2.45) is 0 Å². The molecule has 0 rings (SSSR count). The van der Waals surface area contributed by atoms with Crippen molar-refractivity contribution in [3.63, 3.8) is 0 Å². The number of hydrogen-bond acceptors (Lipinski definition) is 2. The van der Waals surface area contributed by atoms with Crippen LogP contribution in [0.3, 0.4) is 0 Å². The summed E-state index contributed by atoms with van der Waals surface area (Å²) in [6.45, 7) is 11.6. The Morgan fingerprint density at radius 2 is 2.00 bits per heavy atom. The van der Waals surface area contributed by atoms with Crippen molar-refractivity contribution < 1.29 is 0 Å². The van der Waals surface area contributed by atoms with Gasteiger partial charge in [0, 0.05) is 11.6 Å². The molecule has 0 amide bonds. The zero-order valence-corrected chi connectivity index (χ0v) is 10.4. The Hall–Kier alpha value is -0.340. The smallest absolute Gasteiger partial charge is 0.0328 e. The zero-order chi connectivity index (χ0) is 11.2. The minimum Gasteiger partial charge on any atom is -0.312 e. The van der Waals surface area contributed by atoms with Gasteiger partial charge in [0.2, 0.25) is 0 Å². The van der Waals surface area contributed by atoms with E-state index < -0.39 is 0 Å². The largest absolute Gasteiger partial charge is 0.312 e. The van der Waals surface area contributed by atoms with Gasteiger partial charge in [-0.25, -0.2) is 0 Å². The standard InChI is InChI=1S/C12H26N2/c1-7-10-11(13-9-3)12(4,8-2)14(5)6/h7,11,13H,1,8-10H2,2-6H3. The van der Waals surface area contributed by atoms with Crippen LogP contribution in [-0.4, -0.2) is 37.1 Å². The quantitative estimate of drug-likeness (QED) is 0.631. The van der Waals surface area contributed by atoms with E-state index in [-0.39, 0.29) is 5.54 Å². The third-order valence-corrected chi connectivity index (χ3v) is 3.34. The summed E-state index contributed by atoms with van der Waals surface area (Å²) in [5, 5.41) is 3.54. The first-order valence-electron chi connectivity index (χ1n) is 5.54. The number of likely N-dealkylation sites (N-methyl/N-ethyl adjacent to an activating group) is 2. The van der Waals surface area contributed by atoms with Gasteiger partial charge in [-0.3, -0.25) is 0 Å². The van der Waals surface area contributed by atoms with Crippen LogP contribution >= 0.6 is 0 Å². The Morgan fingerprint density at radius 3 is 2.29 bits per heavy atom. The summed E-state index contributed by atoms with van der Waals surface area (Å²) >= 11 is 0. The molecular weight excluding hydrogens is 172 g/mol. The van der Waals surface area contributed by atoms with Crippen LogP contribution in [0, 0.1) is 0 Å². The Labute approximate surface area is 89.4 Å². The lowest BCUT2D eigenvalue weighted by atomic mass is 9.86. The van der Waals surface area contributed by atoms with Crippen molar-refractivity contribution in [2.45, 2.75) is 45.2 Å². The summed E-state index contributed by atoms with van der Waals surface area (Å²) in [5.41, 5.74) is 0.212. The van der Waals surface area contributed by atoms with Crippen molar-refractivity contribution in [2.75, 3.05) is 20.6 Å². The predicted octanol–water partition coefficient (Wildman–Crippen LogP) is 2.27. The molecule has 0 fully saturated rings. The molecule has 2 nitrogen and oxygen atoms in total. The van der Waals surface area contributed by atoms with E-state index in [1.165, 1.54) is 0 Å². The van der Waals surface area contributed by atoms with Crippen LogP contribution in [0.4, 0.5) is 0 Å². The maximum Gasteiger partial charge on any atom is 0.0328 e. The summed E-state index contributed by atoms with van der Waals surface area (Å²) in [5.74, 6) is 0. The van der Waals surface area contributed by atoms with Crippen LogP contribution < -0.4 is 5.32 Å². The molecule has 14 heavy (non-hydrogen) atoms. The van der Waals surface area contributed by atoms with Gasteiger partial charge in [-0.2, -0.15) is 0 Å². The van der Waals surface area contributed by atoms with Crippen LogP contribution in [0.25, 0.3) is 0 Å². The van der Waals surface area contributed by atoms with Gasteiger partial charge < -0.3 is 10.2 Å². The Bertz CT molecular complexity index is 166. The normalized spacial score (nSPS) is 17.9. The fourth-order valence-electron chi connectivity index (χ4n) is 1.84. The summed E-state index contributed by atoms with van der Waals surface area (Å²) in [4.78, 5) is 2.31. The highest BCUT2D eigenvalue weighted by Crippen LogP contribution is 2.23. The van der Waals surface area contributed by atoms with Gasteiger partial charge in [0.15, 0.2) is 0 Å². The zero-order valence-electron chi connectivity index (χ0n) is 10.4. The minimum absolute atomic E-state index is 0.212. The van der Waals surface area contributed by atoms with E-state index in [1.807, 2.05) is 6.08 Å². The highest BCUT2D eigenvalue weighted by atomic mass is 15.2. The van der Waals surface area contributed by atoms with E-state index in [4.69, 9.17) is 0 Å². The summed E-state index contributed by atoms with van der Waals surface area (Å²) in [7, 11) is 4.30. The molecule has 0 aromatic heterocycles. The molecule has 0 saturated heterocycles. The molecule has 0 heterocycles. The lowest BCUT2D eigenvalue weighted by molar-refractivity contribution is 0.114. The van der Waals surface area contributed by atoms with E-state index in [2.05, 4.69) is 51.7 Å². The number of nitrogens with one attached hydrogen (secondary N) is 1. The first kappa shape index (κ1) is 13.7. The van der Waals surface area contributed by atoms with Gasteiger partial charge in [0.1, 0.15) is 0 Å². The first-order chi connectivity index (χ1) is 6.52. The molecule has 0 aromatic carbocycles. The van der Waals surface area contributed by atoms with Gasteiger partial charge in [0.25, 0.3) is 0 Å². The second kappa shape index (κ2) is 6.20. The van der Waals surface area contributed by atoms with E-state index in [1.54, 1.807) is 0 Å². The van der Waals surface area contributed by atoms with E-state index in [0.29, 0.717) is 6.04 Å². The van der Waals surface area contributed by atoms with Crippen LogP contribution in [0.1, 0.15) is 33.6 Å². The molecular formula is C12H26N2.